The highest BCUT2D eigenvalue weighted by atomic mass is 35.5. The molecule has 0 spiro atoms. The minimum atomic E-state index is -0.0270. The van der Waals surface area contributed by atoms with Crippen LogP contribution in [0.15, 0.2) is 60.8 Å². The molecule has 3 aromatic rings. The summed E-state index contributed by atoms with van der Waals surface area (Å²) in [6.07, 6.45) is 1.57. The van der Waals surface area contributed by atoms with Crippen molar-refractivity contribution in [1.29, 1.82) is 0 Å². The summed E-state index contributed by atoms with van der Waals surface area (Å²) in [5, 5.41) is 11.5. The molecular weight excluding hydrogens is 423 g/mol. The number of hydrogen-bond donors (Lipinski definition) is 1. The highest BCUT2D eigenvalue weighted by molar-refractivity contribution is 6.42. The second-order valence-electron chi connectivity index (χ2n) is 7.17. The van der Waals surface area contributed by atoms with Gasteiger partial charge in [0.1, 0.15) is 12.4 Å². The number of amides is 1. The fourth-order valence-electron chi connectivity index (χ4n) is 3.21. The number of aromatic nitrogens is 2. The standard InChI is InChI=1S/C22H20Cl2N4O2/c23-19-8-5-16(10-20(19)24)14-30-18-6-3-15(4-7-18)11-28-12-17(13-28)22(29)26-21-2-1-9-25-27-21/h1-10,17H,11-14H2,(H,26,27,29). The van der Waals surface area contributed by atoms with Crippen molar-refractivity contribution in [2.75, 3.05) is 18.4 Å². The maximum Gasteiger partial charge on any atom is 0.231 e. The summed E-state index contributed by atoms with van der Waals surface area (Å²) in [5.41, 5.74) is 2.13. The topological polar surface area (TPSA) is 67.4 Å². The van der Waals surface area contributed by atoms with Crippen LogP contribution in [0.4, 0.5) is 5.82 Å². The van der Waals surface area contributed by atoms with Gasteiger partial charge in [-0.2, -0.15) is 5.10 Å². The van der Waals surface area contributed by atoms with E-state index in [1.54, 1.807) is 30.5 Å². The maximum absolute atomic E-state index is 12.2. The van der Waals surface area contributed by atoms with E-state index in [4.69, 9.17) is 27.9 Å². The minimum absolute atomic E-state index is 0.0159. The third-order valence-corrected chi connectivity index (χ3v) is 5.61. The zero-order valence-electron chi connectivity index (χ0n) is 16.1. The van der Waals surface area contributed by atoms with Crippen molar-refractivity contribution in [2.45, 2.75) is 13.2 Å². The SMILES string of the molecule is O=C(Nc1cccnn1)C1CN(Cc2ccc(OCc3ccc(Cl)c(Cl)c3)cc2)C1. The first-order chi connectivity index (χ1) is 14.6. The summed E-state index contributed by atoms with van der Waals surface area (Å²) in [4.78, 5) is 14.5. The molecular formula is C22H20Cl2N4O2. The lowest BCUT2D eigenvalue weighted by Gasteiger charge is -2.38. The van der Waals surface area contributed by atoms with Gasteiger partial charge in [-0.05, 0) is 47.5 Å². The molecule has 1 amide bonds. The van der Waals surface area contributed by atoms with Gasteiger partial charge in [-0.3, -0.25) is 9.69 Å². The number of benzene rings is 2. The van der Waals surface area contributed by atoms with Gasteiger partial charge in [0, 0.05) is 25.8 Å². The largest absolute Gasteiger partial charge is 0.489 e. The third kappa shape index (κ3) is 5.27. The van der Waals surface area contributed by atoms with E-state index in [2.05, 4.69) is 20.4 Å². The Bertz CT molecular complexity index is 1010. The predicted octanol–water partition coefficient (Wildman–Crippen LogP) is 4.43. The lowest BCUT2D eigenvalue weighted by Crippen LogP contribution is -2.51. The van der Waals surface area contributed by atoms with Gasteiger partial charge in [0.05, 0.1) is 16.0 Å². The first-order valence-corrected chi connectivity index (χ1v) is 10.3. The predicted molar refractivity (Wildman–Crippen MR) is 117 cm³/mol. The molecule has 4 rings (SSSR count). The average molecular weight is 443 g/mol. The monoisotopic (exact) mass is 442 g/mol. The summed E-state index contributed by atoms with van der Waals surface area (Å²) in [5.74, 6) is 1.23. The molecule has 1 aromatic heterocycles. The fourth-order valence-corrected chi connectivity index (χ4v) is 3.53. The van der Waals surface area contributed by atoms with Crippen LogP contribution in [0.3, 0.4) is 0 Å². The number of ether oxygens (including phenoxy) is 1. The fraction of sp³-hybridized carbons (Fsp3) is 0.227. The maximum atomic E-state index is 12.2. The van der Waals surface area contributed by atoms with Crippen molar-refractivity contribution in [3.05, 3.63) is 82.0 Å². The highest BCUT2D eigenvalue weighted by Crippen LogP contribution is 2.24. The van der Waals surface area contributed by atoms with Crippen LogP contribution >= 0.6 is 23.2 Å². The summed E-state index contributed by atoms with van der Waals surface area (Å²) < 4.78 is 5.81. The van der Waals surface area contributed by atoms with E-state index in [1.807, 2.05) is 30.3 Å². The third-order valence-electron chi connectivity index (χ3n) is 4.87. The van der Waals surface area contributed by atoms with E-state index in [0.29, 0.717) is 22.5 Å². The molecule has 0 aliphatic carbocycles. The van der Waals surface area contributed by atoms with Crippen molar-refractivity contribution in [3.8, 4) is 5.75 Å². The van der Waals surface area contributed by atoms with Crippen molar-refractivity contribution in [3.63, 3.8) is 0 Å². The van der Waals surface area contributed by atoms with E-state index >= 15 is 0 Å². The Labute approximate surface area is 184 Å². The van der Waals surface area contributed by atoms with Crippen LogP contribution < -0.4 is 10.1 Å². The summed E-state index contributed by atoms with van der Waals surface area (Å²) in [7, 11) is 0. The smallest absolute Gasteiger partial charge is 0.231 e. The Morgan fingerprint density at radius 2 is 1.83 bits per heavy atom. The zero-order valence-corrected chi connectivity index (χ0v) is 17.6. The van der Waals surface area contributed by atoms with Gasteiger partial charge in [0.25, 0.3) is 0 Å². The van der Waals surface area contributed by atoms with Gasteiger partial charge in [-0.1, -0.05) is 41.4 Å². The lowest BCUT2D eigenvalue weighted by atomic mass is 9.98. The van der Waals surface area contributed by atoms with Gasteiger partial charge in [0.2, 0.25) is 5.91 Å². The quantitative estimate of drug-likeness (QED) is 0.585. The average Bonchev–Trinajstić information content (AvgIpc) is 2.73. The molecule has 0 atom stereocenters. The number of nitrogens with zero attached hydrogens (tertiary/aromatic N) is 3. The van der Waals surface area contributed by atoms with Crippen LogP contribution in [-0.4, -0.2) is 34.1 Å². The lowest BCUT2D eigenvalue weighted by molar-refractivity contribution is -0.125. The molecule has 30 heavy (non-hydrogen) atoms. The van der Waals surface area contributed by atoms with Crippen molar-refractivity contribution in [2.24, 2.45) is 5.92 Å². The second kappa shape index (κ2) is 9.43. The first-order valence-electron chi connectivity index (χ1n) is 9.53. The summed E-state index contributed by atoms with van der Waals surface area (Å²) >= 11 is 12.0. The molecule has 1 aliphatic heterocycles. The van der Waals surface area contributed by atoms with E-state index in [9.17, 15) is 4.79 Å². The Morgan fingerprint density at radius 1 is 1.07 bits per heavy atom. The Balaban J connectivity index is 1.21. The number of rotatable bonds is 7. The number of nitrogens with one attached hydrogen (secondary N) is 1. The number of hydrogen-bond acceptors (Lipinski definition) is 5. The number of carbonyl (C=O) groups excluding carboxylic acids is 1. The number of likely N-dealkylation sites (tertiary alicyclic amines) is 1. The first kappa shape index (κ1) is 20.6. The zero-order chi connectivity index (χ0) is 20.9. The Kier molecular flexibility index (Phi) is 6.47. The van der Waals surface area contributed by atoms with Crippen molar-refractivity contribution in [1.82, 2.24) is 15.1 Å². The number of anilines is 1. The molecule has 1 N–H and O–H groups in total. The van der Waals surface area contributed by atoms with Crippen LogP contribution in [0, 0.1) is 5.92 Å². The van der Waals surface area contributed by atoms with Crippen LogP contribution in [0.1, 0.15) is 11.1 Å². The number of carbonyl (C=O) groups is 1. The van der Waals surface area contributed by atoms with Gasteiger partial charge in [-0.15, -0.1) is 5.10 Å². The molecule has 8 heteroatoms. The van der Waals surface area contributed by atoms with Crippen molar-refractivity contribution >= 4 is 34.9 Å². The van der Waals surface area contributed by atoms with Crippen molar-refractivity contribution < 1.29 is 9.53 Å². The Hall–Kier alpha value is -2.67. The van der Waals surface area contributed by atoms with Crippen LogP contribution in [0.2, 0.25) is 10.0 Å². The molecule has 0 saturated carbocycles. The number of halogens is 2. The second-order valence-corrected chi connectivity index (χ2v) is 7.98. The molecule has 0 bridgehead atoms. The van der Waals surface area contributed by atoms with E-state index < -0.39 is 0 Å². The van der Waals surface area contributed by atoms with Gasteiger partial charge < -0.3 is 10.1 Å². The molecule has 2 aromatic carbocycles. The molecule has 1 aliphatic rings. The molecule has 0 unspecified atom stereocenters. The summed E-state index contributed by atoms with van der Waals surface area (Å²) in [6, 6.07) is 16.9. The van der Waals surface area contributed by atoms with E-state index in [-0.39, 0.29) is 11.8 Å². The molecule has 6 nitrogen and oxygen atoms in total. The van der Waals surface area contributed by atoms with Crippen LogP contribution in [-0.2, 0) is 17.9 Å². The van der Waals surface area contributed by atoms with Crippen LogP contribution in [0.5, 0.6) is 5.75 Å². The molecule has 0 radical (unpaired) electrons. The molecule has 154 valence electrons. The molecule has 1 fully saturated rings. The normalized spacial score (nSPS) is 14.2. The van der Waals surface area contributed by atoms with Crippen LogP contribution in [0.25, 0.3) is 0 Å². The van der Waals surface area contributed by atoms with Gasteiger partial charge >= 0.3 is 0 Å². The van der Waals surface area contributed by atoms with Gasteiger partial charge in [0.15, 0.2) is 5.82 Å². The Morgan fingerprint density at radius 3 is 2.53 bits per heavy atom. The molecule has 1 saturated heterocycles. The molecule has 2 heterocycles. The van der Waals surface area contributed by atoms with Gasteiger partial charge in [-0.25, -0.2) is 0 Å². The van der Waals surface area contributed by atoms with E-state index in [1.165, 1.54) is 5.56 Å². The summed E-state index contributed by atoms with van der Waals surface area (Å²) in [6.45, 7) is 2.66. The highest BCUT2D eigenvalue weighted by Gasteiger charge is 2.32. The van der Waals surface area contributed by atoms with E-state index in [0.717, 1.165) is 30.9 Å². The minimum Gasteiger partial charge on any atom is -0.489 e.